The first-order valence-electron chi connectivity index (χ1n) is 9.49. The Hall–Kier alpha value is -1.44. The summed E-state index contributed by atoms with van der Waals surface area (Å²) >= 11 is 0. The first-order chi connectivity index (χ1) is 12.8. The summed E-state index contributed by atoms with van der Waals surface area (Å²) in [6, 6.07) is 4.02. The predicted octanol–water partition coefficient (Wildman–Crippen LogP) is 5.35. The molecule has 1 aliphatic rings. The minimum atomic E-state index is -1.18. The maximum Gasteiger partial charge on any atom is 0.525 e. The second-order valence-corrected chi connectivity index (χ2v) is 8.97. The van der Waals surface area contributed by atoms with Gasteiger partial charge in [-0.2, -0.15) is 0 Å². The lowest BCUT2D eigenvalue weighted by Gasteiger charge is -2.32. The number of hydrogen-bond acceptors (Lipinski definition) is 4. The van der Waals surface area contributed by atoms with Gasteiger partial charge < -0.3 is 18.8 Å². The van der Waals surface area contributed by atoms with Gasteiger partial charge in [-0.05, 0) is 78.7 Å². The monoisotopic (exact) mass is 396 g/mol. The van der Waals surface area contributed by atoms with Crippen LogP contribution in [0.5, 0.6) is 5.75 Å². The van der Waals surface area contributed by atoms with Gasteiger partial charge in [-0.3, -0.25) is 0 Å². The molecule has 1 heterocycles. The van der Waals surface area contributed by atoms with Crippen LogP contribution in [0.15, 0.2) is 23.9 Å². The van der Waals surface area contributed by atoms with Crippen LogP contribution in [0, 0.1) is 5.82 Å². The SMILES string of the molecule is COc1ccc(F)cc1C(CCOC(C)(C)C)=C(F)B1OC(C)(C)C(C)(C)O1. The zero-order valence-electron chi connectivity index (χ0n) is 18.1. The highest BCUT2D eigenvalue weighted by Gasteiger charge is 2.53. The molecule has 0 radical (unpaired) electrons. The Kier molecular flexibility index (Phi) is 6.63. The Morgan fingerprint density at radius 3 is 2.18 bits per heavy atom. The molecule has 0 aliphatic carbocycles. The molecule has 156 valence electrons. The number of ether oxygens (including phenoxy) is 2. The largest absolute Gasteiger partial charge is 0.525 e. The lowest BCUT2D eigenvalue weighted by molar-refractivity contribution is 0.000555. The summed E-state index contributed by atoms with van der Waals surface area (Å²) in [4.78, 5) is 0. The average molecular weight is 396 g/mol. The number of methoxy groups -OCH3 is 1. The fraction of sp³-hybridized carbons (Fsp3) is 0.619. The van der Waals surface area contributed by atoms with Crippen LogP contribution in [0.25, 0.3) is 5.57 Å². The van der Waals surface area contributed by atoms with Crippen molar-refractivity contribution in [3.63, 3.8) is 0 Å². The molecule has 0 bridgehead atoms. The van der Waals surface area contributed by atoms with E-state index in [0.29, 0.717) is 11.3 Å². The van der Waals surface area contributed by atoms with Gasteiger partial charge in [-0.25, -0.2) is 8.78 Å². The zero-order chi connectivity index (χ0) is 21.3. The molecule has 0 N–H and O–H groups in total. The van der Waals surface area contributed by atoms with Gasteiger partial charge >= 0.3 is 7.12 Å². The van der Waals surface area contributed by atoms with Crippen LogP contribution in [0.4, 0.5) is 8.78 Å². The van der Waals surface area contributed by atoms with Gasteiger partial charge in [0.15, 0.2) is 0 Å². The van der Waals surface area contributed by atoms with Crippen molar-refractivity contribution in [3.05, 3.63) is 35.3 Å². The van der Waals surface area contributed by atoms with E-state index in [1.165, 1.54) is 25.3 Å². The number of halogens is 2. The van der Waals surface area contributed by atoms with E-state index >= 15 is 4.39 Å². The summed E-state index contributed by atoms with van der Waals surface area (Å²) in [6.45, 7) is 13.4. The molecule has 0 unspecified atom stereocenters. The normalized spacial score (nSPS) is 19.6. The van der Waals surface area contributed by atoms with Gasteiger partial charge in [0.25, 0.3) is 0 Å². The maximum atomic E-state index is 15.6. The summed E-state index contributed by atoms with van der Waals surface area (Å²) < 4.78 is 52.4. The van der Waals surface area contributed by atoms with Gasteiger partial charge in [0, 0.05) is 5.56 Å². The van der Waals surface area contributed by atoms with E-state index in [1.807, 2.05) is 48.5 Å². The fourth-order valence-corrected chi connectivity index (χ4v) is 2.85. The van der Waals surface area contributed by atoms with Crippen molar-refractivity contribution in [2.24, 2.45) is 0 Å². The van der Waals surface area contributed by atoms with E-state index in [2.05, 4.69) is 0 Å². The average Bonchev–Trinajstić information content (AvgIpc) is 2.78. The molecule has 1 aromatic rings. The van der Waals surface area contributed by atoms with Crippen molar-refractivity contribution in [2.45, 2.75) is 71.7 Å². The Labute approximate surface area is 167 Å². The van der Waals surface area contributed by atoms with E-state index in [4.69, 9.17) is 18.8 Å². The lowest BCUT2D eigenvalue weighted by Crippen LogP contribution is -2.41. The van der Waals surface area contributed by atoms with Crippen molar-refractivity contribution < 1.29 is 27.6 Å². The molecule has 4 nitrogen and oxygen atoms in total. The Bertz CT molecular complexity index is 722. The predicted molar refractivity (Wildman–Crippen MR) is 107 cm³/mol. The molecule has 28 heavy (non-hydrogen) atoms. The molecule has 7 heteroatoms. The molecule has 1 fully saturated rings. The highest BCUT2D eigenvalue weighted by Crippen LogP contribution is 2.41. The molecule has 0 amide bonds. The van der Waals surface area contributed by atoms with E-state index in [-0.39, 0.29) is 24.2 Å². The quantitative estimate of drug-likeness (QED) is 0.608. The van der Waals surface area contributed by atoms with Crippen molar-refractivity contribution in [3.8, 4) is 5.75 Å². The maximum absolute atomic E-state index is 15.6. The third-order valence-corrected chi connectivity index (χ3v) is 5.12. The first-order valence-corrected chi connectivity index (χ1v) is 9.49. The number of benzene rings is 1. The molecular formula is C21H31BF2O4. The van der Waals surface area contributed by atoms with Crippen molar-refractivity contribution >= 4 is 12.7 Å². The van der Waals surface area contributed by atoms with Crippen molar-refractivity contribution in [1.29, 1.82) is 0 Å². The first kappa shape index (κ1) is 22.8. The molecule has 0 saturated carbocycles. The minimum absolute atomic E-state index is 0.215. The van der Waals surface area contributed by atoms with Crippen molar-refractivity contribution in [1.82, 2.24) is 0 Å². The zero-order valence-corrected chi connectivity index (χ0v) is 18.1. The Morgan fingerprint density at radius 1 is 1.11 bits per heavy atom. The van der Waals surface area contributed by atoms with Crippen LogP contribution < -0.4 is 4.74 Å². The molecule has 2 rings (SSSR count). The van der Waals surface area contributed by atoms with Gasteiger partial charge in [-0.15, -0.1) is 0 Å². The van der Waals surface area contributed by atoms with E-state index in [0.717, 1.165) is 0 Å². The molecule has 0 aromatic heterocycles. The molecule has 1 aliphatic heterocycles. The minimum Gasteiger partial charge on any atom is -0.496 e. The van der Waals surface area contributed by atoms with Crippen molar-refractivity contribution in [2.75, 3.05) is 13.7 Å². The molecule has 0 spiro atoms. The fourth-order valence-electron chi connectivity index (χ4n) is 2.85. The Balaban J connectivity index is 2.46. The van der Waals surface area contributed by atoms with E-state index in [9.17, 15) is 4.39 Å². The Morgan fingerprint density at radius 2 is 1.68 bits per heavy atom. The standard InChI is InChI=1S/C21H31BF2O4/c1-19(2,3)26-12-11-15(16-13-14(23)9-10-17(16)25-8)18(24)22-27-20(4,5)21(6,7)28-22/h9-10,13H,11-12H2,1-8H3. The molecule has 1 aromatic carbocycles. The highest BCUT2D eigenvalue weighted by atomic mass is 19.1. The summed E-state index contributed by atoms with van der Waals surface area (Å²) in [5, 5.41) is 0. The topological polar surface area (TPSA) is 36.9 Å². The van der Waals surface area contributed by atoms with E-state index in [1.54, 1.807) is 0 Å². The molecular weight excluding hydrogens is 365 g/mol. The summed E-state index contributed by atoms with van der Waals surface area (Å²) in [5.74, 6) is -0.106. The lowest BCUT2D eigenvalue weighted by atomic mass is 9.81. The summed E-state index contributed by atoms with van der Waals surface area (Å²) in [5.41, 5.74) is -1.77. The number of hydrogen-bond donors (Lipinski definition) is 0. The third kappa shape index (κ3) is 5.13. The van der Waals surface area contributed by atoms with Crippen LogP contribution in [-0.2, 0) is 14.0 Å². The van der Waals surface area contributed by atoms with E-state index < -0.39 is 29.9 Å². The van der Waals surface area contributed by atoms with Crippen LogP contribution in [0.2, 0.25) is 0 Å². The summed E-state index contributed by atoms with van der Waals surface area (Å²) in [7, 11) is 0.287. The third-order valence-electron chi connectivity index (χ3n) is 5.12. The molecule has 1 saturated heterocycles. The van der Waals surface area contributed by atoms with Crippen LogP contribution in [-0.4, -0.2) is 37.6 Å². The smallest absolute Gasteiger partial charge is 0.496 e. The second kappa shape index (κ2) is 8.13. The second-order valence-electron chi connectivity index (χ2n) is 8.97. The van der Waals surface area contributed by atoms with Gasteiger partial charge in [-0.1, -0.05) is 0 Å². The van der Waals surface area contributed by atoms with Gasteiger partial charge in [0.1, 0.15) is 17.3 Å². The van der Waals surface area contributed by atoms with Crippen LogP contribution in [0.1, 0.15) is 60.5 Å². The van der Waals surface area contributed by atoms with Crippen LogP contribution in [0.3, 0.4) is 0 Å². The number of rotatable bonds is 6. The highest BCUT2D eigenvalue weighted by molar-refractivity contribution is 6.55. The van der Waals surface area contributed by atoms with Gasteiger partial charge in [0.2, 0.25) is 0 Å². The summed E-state index contributed by atoms with van der Waals surface area (Å²) in [6.07, 6.45) is 0.215. The van der Waals surface area contributed by atoms with Crippen LogP contribution >= 0.6 is 0 Å². The van der Waals surface area contributed by atoms with Gasteiger partial charge in [0.05, 0.1) is 30.5 Å². The molecule has 0 atom stereocenters.